The van der Waals surface area contributed by atoms with Gasteiger partial charge in [-0.1, -0.05) is 0 Å². The van der Waals surface area contributed by atoms with E-state index in [1.54, 1.807) is 7.11 Å². The van der Waals surface area contributed by atoms with Crippen molar-refractivity contribution in [2.45, 2.75) is 18.9 Å². The highest BCUT2D eigenvalue weighted by Crippen LogP contribution is 2.32. The second-order valence-corrected chi connectivity index (χ2v) is 9.41. The summed E-state index contributed by atoms with van der Waals surface area (Å²) >= 11 is 0. The number of hydrogen-bond acceptors (Lipinski definition) is 7. The van der Waals surface area contributed by atoms with Gasteiger partial charge in [-0.05, 0) is 44.2 Å². The third-order valence-electron chi connectivity index (χ3n) is 7.44. The van der Waals surface area contributed by atoms with E-state index in [2.05, 4.69) is 50.0 Å². The average Bonchev–Trinajstić information content (AvgIpc) is 3.31. The minimum atomic E-state index is 0.584. The van der Waals surface area contributed by atoms with E-state index in [1.807, 2.05) is 35.1 Å². The van der Waals surface area contributed by atoms with Crippen LogP contribution >= 0.6 is 0 Å². The maximum Gasteiger partial charge on any atom is 0.213 e. The third kappa shape index (κ3) is 3.86. The molecular weight excluding hydrogens is 426 g/mol. The Morgan fingerprint density at radius 3 is 2.53 bits per heavy atom. The number of nitrogens with zero attached hydrogens (tertiary/aromatic N) is 7. The van der Waals surface area contributed by atoms with E-state index in [0.29, 0.717) is 5.88 Å². The monoisotopic (exact) mass is 457 g/mol. The molecule has 0 bridgehead atoms. The van der Waals surface area contributed by atoms with Crippen LogP contribution < -0.4 is 9.64 Å². The molecular formula is C26H31N7O. The van der Waals surface area contributed by atoms with Gasteiger partial charge < -0.3 is 14.5 Å². The number of aromatic nitrogens is 4. The molecule has 8 nitrogen and oxygen atoms in total. The summed E-state index contributed by atoms with van der Waals surface area (Å²) in [5.74, 6) is 0.584. The molecule has 34 heavy (non-hydrogen) atoms. The molecule has 176 valence electrons. The predicted octanol–water partition coefficient (Wildman–Crippen LogP) is 3.17. The van der Waals surface area contributed by atoms with E-state index in [9.17, 15) is 0 Å². The number of methoxy groups -OCH3 is 1. The normalized spacial score (nSPS) is 18.7. The van der Waals surface area contributed by atoms with Crippen LogP contribution in [0.25, 0.3) is 27.7 Å². The van der Waals surface area contributed by atoms with Gasteiger partial charge in [0.2, 0.25) is 5.88 Å². The topological polar surface area (TPSA) is 62.0 Å². The molecule has 0 amide bonds. The van der Waals surface area contributed by atoms with Gasteiger partial charge in [-0.15, -0.1) is 0 Å². The molecule has 0 spiro atoms. The summed E-state index contributed by atoms with van der Waals surface area (Å²) in [6.07, 6.45) is 8.36. The number of hydrogen-bond donors (Lipinski definition) is 0. The molecule has 4 aromatic heterocycles. The first kappa shape index (κ1) is 21.3. The molecule has 0 aromatic carbocycles. The Kier molecular flexibility index (Phi) is 5.55. The summed E-state index contributed by atoms with van der Waals surface area (Å²) in [4.78, 5) is 16.8. The van der Waals surface area contributed by atoms with Crippen molar-refractivity contribution in [3.05, 3.63) is 48.9 Å². The smallest absolute Gasteiger partial charge is 0.213 e. The molecule has 2 aliphatic rings. The van der Waals surface area contributed by atoms with E-state index in [1.165, 1.54) is 44.7 Å². The van der Waals surface area contributed by atoms with Gasteiger partial charge in [0.1, 0.15) is 5.52 Å². The zero-order valence-electron chi connectivity index (χ0n) is 19.9. The molecule has 2 saturated heterocycles. The first-order valence-corrected chi connectivity index (χ1v) is 12.1. The summed E-state index contributed by atoms with van der Waals surface area (Å²) in [5, 5.41) is 4.69. The molecule has 6 heterocycles. The van der Waals surface area contributed by atoms with Crippen LogP contribution in [-0.4, -0.2) is 88.8 Å². The number of piperazine rings is 1. The van der Waals surface area contributed by atoms with Gasteiger partial charge in [0.25, 0.3) is 0 Å². The summed E-state index contributed by atoms with van der Waals surface area (Å²) < 4.78 is 7.34. The number of likely N-dealkylation sites (N-methyl/N-ethyl adjacent to an activating group) is 1. The van der Waals surface area contributed by atoms with Gasteiger partial charge in [-0.25, -0.2) is 9.50 Å². The van der Waals surface area contributed by atoms with Crippen molar-refractivity contribution in [3.8, 4) is 17.0 Å². The molecule has 6 rings (SSSR count). The maximum atomic E-state index is 5.35. The summed E-state index contributed by atoms with van der Waals surface area (Å²) in [5.41, 5.74) is 6.03. The van der Waals surface area contributed by atoms with Crippen LogP contribution in [0.3, 0.4) is 0 Å². The molecule has 0 unspecified atom stereocenters. The van der Waals surface area contributed by atoms with E-state index < -0.39 is 0 Å². The number of fused-ring (bicyclic) bond motifs is 2. The first-order valence-electron chi connectivity index (χ1n) is 12.1. The second kappa shape index (κ2) is 8.85. The van der Waals surface area contributed by atoms with E-state index in [-0.39, 0.29) is 0 Å². The quantitative estimate of drug-likeness (QED) is 0.466. The zero-order valence-corrected chi connectivity index (χ0v) is 19.9. The highest BCUT2D eigenvalue weighted by atomic mass is 16.5. The summed E-state index contributed by atoms with van der Waals surface area (Å²) in [6.45, 7) is 6.97. The number of rotatable bonds is 4. The molecule has 0 atom stereocenters. The summed E-state index contributed by atoms with van der Waals surface area (Å²) in [7, 11) is 3.86. The van der Waals surface area contributed by atoms with E-state index in [0.717, 1.165) is 46.8 Å². The van der Waals surface area contributed by atoms with Crippen molar-refractivity contribution in [2.24, 2.45) is 0 Å². The fraction of sp³-hybridized carbons (Fsp3) is 0.423. The Bertz CT molecular complexity index is 1300. The SMILES string of the molecule is COc1ccc2nccc(-c3cnn4cc(N5CCC(N6CCN(C)CC6)CC5)ccc34)c2n1. The minimum Gasteiger partial charge on any atom is -0.481 e. The van der Waals surface area contributed by atoms with Crippen molar-refractivity contribution >= 4 is 22.2 Å². The lowest BCUT2D eigenvalue weighted by atomic mass is 10.0. The van der Waals surface area contributed by atoms with E-state index in [4.69, 9.17) is 9.84 Å². The molecule has 2 fully saturated rings. The van der Waals surface area contributed by atoms with Gasteiger partial charge >= 0.3 is 0 Å². The lowest BCUT2D eigenvalue weighted by Gasteiger charge is -2.42. The van der Waals surface area contributed by atoms with Crippen LogP contribution in [0, 0.1) is 0 Å². The van der Waals surface area contributed by atoms with E-state index >= 15 is 0 Å². The van der Waals surface area contributed by atoms with Crippen LogP contribution in [0.1, 0.15) is 12.8 Å². The molecule has 0 N–H and O–H groups in total. The van der Waals surface area contributed by atoms with Crippen LogP contribution in [0.5, 0.6) is 5.88 Å². The Morgan fingerprint density at radius 1 is 0.912 bits per heavy atom. The largest absolute Gasteiger partial charge is 0.481 e. The molecule has 0 radical (unpaired) electrons. The van der Waals surface area contributed by atoms with Crippen molar-refractivity contribution in [3.63, 3.8) is 0 Å². The minimum absolute atomic E-state index is 0.584. The van der Waals surface area contributed by atoms with Crippen LogP contribution in [-0.2, 0) is 0 Å². The van der Waals surface area contributed by atoms with Crippen LogP contribution in [0.4, 0.5) is 5.69 Å². The number of piperidine rings is 1. The lowest BCUT2D eigenvalue weighted by Crippen LogP contribution is -2.52. The number of ether oxygens (including phenoxy) is 1. The molecule has 2 aliphatic heterocycles. The van der Waals surface area contributed by atoms with Crippen molar-refractivity contribution in [1.82, 2.24) is 29.4 Å². The Hall–Kier alpha value is -3.23. The first-order chi connectivity index (χ1) is 16.7. The fourth-order valence-electron chi connectivity index (χ4n) is 5.38. The van der Waals surface area contributed by atoms with Crippen molar-refractivity contribution < 1.29 is 4.74 Å². The predicted molar refractivity (Wildman–Crippen MR) is 135 cm³/mol. The fourth-order valence-corrected chi connectivity index (χ4v) is 5.38. The Morgan fingerprint density at radius 2 is 1.74 bits per heavy atom. The Balaban J connectivity index is 1.23. The third-order valence-corrected chi connectivity index (χ3v) is 7.44. The van der Waals surface area contributed by atoms with Gasteiger partial charge in [0, 0.05) is 68.7 Å². The van der Waals surface area contributed by atoms with Crippen LogP contribution in [0.15, 0.2) is 48.9 Å². The highest BCUT2D eigenvalue weighted by Gasteiger charge is 2.27. The standard InChI is InChI=1S/C26H31N7O/c1-30-13-15-32(16-14-30)19-8-11-31(12-9-19)20-3-5-24-22(17-28-33(24)18-20)21-7-10-27-23-4-6-25(34-2)29-26(21)23/h3-7,10,17-19H,8-9,11-16H2,1-2H3. The van der Waals surface area contributed by atoms with Gasteiger partial charge in [-0.2, -0.15) is 5.10 Å². The lowest BCUT2D eigenvalue weighted by molar-refractivity contribution is 0.0982. The van der Waals surface area contributed by atoms with Crippen molar-refractivity contribution in [1.29, 1.82) is 0 Å². The molecule has 8 heteroatoms. The van der Waals surface area contributed by atoms with Gasteiger partial charge in [-0.3, -0.25) is 9.88 Å². The van der Waals surface area contributed by atoms with Gasteiger partial charge in [0.15, 0.2) is 0 Å². The van der Waals surface area contributed by atoms with Crippen molar-refractivity contribution in [2.75, 3.05) is 58.3 Å². The second-order valence-electron chi connectivity index (χ2n) is 9.41. The Labute approximate surface area is 199 Å². The van der Waals surface area contributed by atoms with Crippen LogP contribution in [0.2, 0.25) is 0 Å². The zero-order chi connectivity index (χ0) is 23.1. The molecule has 4 aromatic rings. The average molecular weight is 458 g/mol. The maximum absolute atomic E-state index is 5.35. The number of pyridine rings is 3. The van der Waals surface area contributed by atoms with Gasteiger partial charge in [0.05, 0.1) is 36.2 Å². The molecule has 0 aliphatic carbocycles. The highest BCUT2D eigenvalue weighted by molar-refractivity contribution is 5.96. The summed E-state index contributed by atoms with van der Waals surface area (Å²) in [6, 6.07) is 10.9. The molecule has 0 saturated carbocycles. The number of anilines is 1.